The summed E-state index contributed by atoms with van der Waals surface area (Å²) in [5, 5.41) is 9.91. The molecule has 0 spiro atoms. The maximum absolute atomic E-state index is 9.91. The smallest absolute Gasteiger partial charge is 0.0900 e. The van der Waals surface area contributed by atoms with Crippen molar-refractivity contribution in [2.75, 3.05) is 19.7 Å². The number of rotatable bonds is 10. The molecule has 0 rings (SSSR count). The normalized spacial score (nSPS) is 13.9. The second kappa shape index (κ2) is 9.86. The largest absolute Gasteiger partial charge is 0.389 e. The van der Waals surface area contributed by atoms with Crippen LogP contribution in [0.25, 0.3) is 0 Å². The maximum atomic E-state index is 9.91. The third-order valence-corrected chi connectivity index (χ3v) is 2.85. The van der Waals surface area contributed by atoms with Crippen molar-refractivity contribution in [3.63, 3.8) is 0 Å². The van der Waals surface area contributed by atoms with E-state index in [2.05, 4.69) is 25.7 Å². The van der Waals surface area contributed by atoms with Crippen molar-refractivity contribution in [2.45, 2.75) is 72.1 Å². The maximum Gasteiger partial charge on any atom is 0.0900 e. The van der Waals surface area contributed by atoms with Crippen molar-refractivity contribution in [1.82, 2.24) is 4.90 Å². The van der Waals surface area contributed by atoms with E-state index < -0.39 is 0 Å². The van der Waals surface area contributed by atoms with Gasteiger partial charge in [0.15, 0.2) is 0 Å². The highest BCUT2D eigenvalue weighted by Gasteiger charge is 2.14. The predicted molar refractivity (Wildman–Crippen MR) is 73.3 cm³/mol. The highest BCUT2D eigenvalue weighted by atomic mass is 16.5. The zero-order valence-corrected chi connectivity index (χ0v) is 12.3. The van der Waals surface area contributed by atoms with Gasteiger partial charge < -0.3 is 9.84 Å². The van der Waals surface area contributed by atoms with Gasteiger partial charge in [0.25, 0.3) is 0 Å². The molecule has 0 aromatic rings. The lowest BCUT2D eigenvalue weighted by Crippen LogP contribution is -2.40. The molecular formula is C14H31NO2. The van der Waals surface area contributed by atoms with Gasteiger partial charge in [-0.2, -0.15) is 0 Å². The lowest BCUT2D eigenvalue weighted by Gasteiger charge is -2.29. The van der Waals surface area contributed by atoms with Crippen molar-refractivity contribution in [2.24, 2.45) is 0 Å². The van der Waals surface area contributed by atoms with Crippen LogP contribution in [-0.4, -0.2) is 48.0 Å². The Hall–Kier alpha value is -0.120. The van der Waals surface area contributed by atoms with Crippen LogP contribution in [-0.2, 0) is 4.74 Å². The second-order valence-electron chi connectivity index (χ2n) is 5.33. The predicted octanol–water partition coefficient (Wildman–Crippen LogP) is 2.67. The molecular weight excluding hydrogens is 214 g/mol. The zero-order valence-electron chi connectivity index (χ0n) is 12.3. The van der Waals surface area contributed by atoms with E-state index in [1.807, 2.05) is 13.8 Å². The highest BCUT2D eigenvalue weighted by Crippen LogP contribution is 2.05. The number of ether oxygens (including phenoxy) is 1. The minimum absolute atomic E-state index is 0.192. The van der Waals surface area contributed by atoms with Gasteiger partial charge >= 0.3 is 0 Å². The van der Waals surface area contributed by atoms with E-state index in [1.165, 1.54) is 19.3 Å². The molecule has 104 valence electrons. The Morgan fingerprint density at radius 3 is 2.24 bits per heavy atom. The Bertz CT molecular complexity index is 172. The van der Waals surface area contributed by atoms with Gasteiger partial charge in [-0.15, -0.1) is 0 Å². The number of hydrogen-bond donors (Lipinski definition) is 1. The molecule has 3 heteroatoms. The van der Waals surface area contributed by atoms with E-state index >= 15 is 0 Å². The fraction of sp³-hybridized carbons (Fsp3) is 1.00. The topological polar surface area (TPSA) is 32.7 Å². The molecule has 0 aliphatic rings. The second-order valence-corrected chi connectivity index (χ2v) is 5.33. The Morgan fingerprint density at radius 2 is 1.76 bits per heavy atom. The summed E-state index contributed by atoms with van der Waals surface area (Å²) in [6, 6.07) is 0.487. The Labute approximate surface area is 107 Å². The van der Waals surface area contributed by atoms with Gasteiger partial charge in [-0.3, -0.25) is 4.90 Å². The van der Waals surface area contributed by atoms with E-state index in [-0.39, 0.29) is 12.2 Å². The van der Waals surface area contributed by atoms with Crippen molar-refractivity contribution in [3.8, 4) is 0 Å². The van der Waals surface area contributed by atoms with Crippen LogP contribution in [0.5, 0.6) is 0 Å². The summed E-state index contributed by atoms with van der Waals surface area (Å²) in [5.41, 5.74) is 0. The van der Waals surface area contributed by atoms with Gasteiger partial charge in [0.2, 0.25) is 0 Å². The lowest BCUT2D eigenvalue weighted by atomic mass is 10.2. The number of aliphatic hydroxyl groups is 1. The quantitative estimate of drug-likeness (QED) is 0.601. The molecule has 0 heterocycles. The van der Waals surface area contributed by atoms with Gasteiger partial charge in [-0.25, -0.2) is 0 Å². The summed E-state index contributed by atoms with van der Waals surface area (Å²) in [7, 11) is 0. The fourth-order valence-electron chi connectivity index (χ4n) is 1.75. The molecule has 1 atom stereocenters. The molecule has 17 heavy (non-hydrogen) atoms. The summed E-state index contributed by atoms with van der Waals surface area (Å²) >= 11 is 0. The van der Waals surface area contributed by atoms with Crippen molar-refractivity contribution < 1.29 is 9.84 Å². The number of aliphatic hydroxyl groups excluding tert-OH is 1. The first-order chi connectivity index (χ1) is 7.97. The summed E-state index contributed by atoms with van der Waals surface area (Å²) in [6.45, 7) is 12.8. The first kappa shape index (κ1) is 16.9. The number of nitrogens with zero attached hydrogens (tertiary/aromatic N) is 1. The van der Waals surface area contributed by atoms with Crippen LogP contribution in [0.15, 0.2) is 0 Å². The van der Waals surface area contributed by atoms with Crippen LogP contribution in [0.3, 0.4) is 0 Å². The average molecular weight is 245 g/mol. The first-order valence-electron chi connectivity index (χ1n) is 7.01. The molecule has 0 radical (unpaired) electrons. The molecule has 0 aliphatic carbocycles. The SMILES string of the molecule is CCCCCN(CC(O)COC(C)C)C(C)C. The lowest BCUT2D eigenvalue weighted by molar-refractivity contribution is -0.0125. The molecule has 0 aromatic carbocycles. The van der Waals surface area contributed by atoms with Crippen LogP contribution < -0.4 is 0 Å². The monoisotopic (exact) mass is 245 g/mol. The van der Waals surface area contributed by atoms with E-state index in [9.17, 15) is 5.11 Å². The molecule has 0 amide bonds. The molecule has 0 fully saturated rings. The van der Waals surface area contributed by atoms with Crippen molar-refractivity contribution in [1.29, 1.82) is 0 Å². The Balaban J connectivity index is 3.88. The van der Waals surface area contributed by atoms with Crippen LogP contribution in [0.2, 0.25) is 0 Å². The van der Waals surface area contributed by atoms with E-state index in [0.29, 0.717) is 19.2 Å². The van der Waals surface area contributed by atoms with Gasteiger partial charge in [0, 0.05) is 12.6 Å². The molecule has 0 bridgehead atoms. The van der Waals surface area contributed by atoms with E-state index in [4.69, 9.17) is 4.74 Å². The number of hydrogen-bond acceptors (Lipinski definition) is 3. The highest BCUT2D eigenvalue weighted by molar-refractivity contribution is 4.68. The number of unbranched alkanes of at least 4 members (excludes halogenated alkanes) is 2. The summed E-state index contributed by atoms with van der Waals surface area (Å²) in [6.07, 6.45) is 3.54. The molecule has 1 unspecified atom stereocenters. The molecule has 0 aromatic heterocycles. The summed E-state index contributed by atoms with van der Waals surface area (Å²) in [5.74, 6) is 0. The van der Waals surface area contributed by atoms with Crippen molar-refractivity contribution in [3.05, 3.63) is 0 Å². The van der Waals surface area contributed by atoms with Gasteiger partial charge in [0.1, 0.15) is 0 Å². The van der Waals surface area contributed by atoms with Crippen molar-refractivity contribution >= 4 is 0 Å². The average Bonchev–Trinajstić information content (AvgIpc) is 2.25. The van der Waals surface area contributed by atoms with Crippen LogP contribution >= 0.6 is 0 Å². The van der Waals surface area contributed by atoms with Crippen LogP contribution in [0.1, 0.15) is 53.9 Å². The third kappa shape index (κ3) is 9.57. The molecule has 0 saturated carbocycles. The molecule has 1 N–H and O–H groups in total. The molecule has 0 saturated heterocycles. The Morgan fingerprint density at radius 1 is 1.12 bits per heavy atom. The minimum atomic E-state index is -0.374. The first-order valence-corrected chi connectivity index (χ1v) is 7.01. The summed E-state index contributed by atoms with van der Waals surface area (Å²) in [4.78, 5) is 2.34. The summed E-state index contributed by atoms with van der Waals surface area (Å²) < 4.78 is 5.43. The third-order valence-electron chi connectivity index (χ3n) is 2.85. The standard InChI is InChI=1S/C14H31NO2/c1-6-7-8-9-15(12(2)3)10-14(16)11-17-13(4)5/h12-14,16H,6-11H2,1-5H3. The fourth-order valence-corrected chi connectivity index (χ4v) is 1.75. The van der Waals surface area contributed by atoms with Crippen LogP contribution in [0.4, 0.5) is 0 Å². The molecule has 3 nitrogen and oxygen atoms in total. The van der Waals surface area contributed by atoms with E-state index in [1.54, 1.807) is 0 Å². The Kier molecular flexibility index (Phi) is 9.79. The van der Waals surface area contributed by atoms with E-state index in [0.717, 1.165) is 6.54 Å². The van der Waals surface area contributed by atoms with Crippen LogP contribution in [0, 0.1) is 0 Å². The van der Waals surface area contributed by atoms with Gasteiger partial charge in [-0.1, -0.05) is 19.8 Å². The minimum Gasteiger partial charge on any atom is -0.389 e. The zero-order chi connectivity index (χ0) is 13.3. The molecule has 0 aliphatic heterocycles. The van der Waals surface area contributed by atoms with Gasteiger partial charge in [0.05, 0.1) is 18.8 Å². The van der Waals surface area contributed by atoms with Gasteiger partial charge in [-0.05, 0) is 40.7 Å².